The van der Waals surface area contributed by atoms with Crippen LogP contribution in [0.2, 0.25) is 0 Å². The number of rotatable bonds is 4. The van der Waals surface area contributed by atoms with Crippen LogP contribution in [0.1, 0.15) is 54.4 Å². The maximum atomic E-state index is 5.83. The monoisotopic (exact) mass is 172 g/mol. The minimum atomic E-state index is 0.0576. The van der Waals surface area contributed by atoms with Crippen molar-refractivity contribution in [2.75, 3.05) is 6.61 Å². The van der Waals surface area contributed by atoms with Crippen molar-refractivity contribution >= 4 is 0 Å². The summed E-state index contributed by atoms with van der Waals surface area (Å²) in [4.78, 5) is 0. The summed E-state index contributed by atoms with van der Waals surface area (Å²) in [7, 11) is 0. The molecule has 0 amide bonds. The Balaban J connectivity index is 3.75. The van der Waals surface area contributed by atoms with Crippen molar-refractivity contribution < 1.29 is 4.74 Å². The van der Waals surface area contributed by atoms with Gasteiger partial charge in [0, 0.05) is 0 Å². The molecular formula is C11H24O. The molecule has 0 heterocycles. The van der Waals surface area contributed by atoms with Gasteiger partial charge < -0.3 is 4.74 Å². The third-order valence-electron chi connectivity index (χ3n) is 1.75. The van der Waals surface area contributed by atoms with Crippen LogP contribution < -0.4 is 0 Å². The van der Waals surface area contributed by atoms with Gasteiger partial charge in [0.2, 0.25) is 0 Å². The molecule has 0 aromatic rings. The van der Waals surface area contributed by atoms with E-state index in [9.17, 15) is 0 Å². The van der Waals surface area contributed by atoms with Crippen LogP contribution in [-0.2, 0) is 4.74 Å². The number of hydrogen-bond donors (Lipinski definition) is 0. The van der Waals surface area contributed by atoms with Gasteiger partial charge in [-0.05, 0) is 25.7 Å². The third kappa shape index (κ3) is 6.66. The van der Waals surface area contributed by atoms with Gasteiger partial charge in [-0.2, -0.15) is 0 Å². The summed E-state index contributed by atoms with van der Waals surface area (Å²) in [6.07, 6.45) is 2.33. The van der Waals surface area contributed by atoms with E-state index in [0.29, 0.717) is 0 Å². The first kappa shape index (κ1) is 12.0. The fourth-order valence-electron chi connectivity index (χ4n) is 1.09. The Morgan fingerprint density at radius 1 is 1.00 bits per heavy atom. The van der Waals surface area contributed by atoms with E-state index in [-0.39, 0.29) is 11.0 Å². The summed E-state index contributed by atoms with van der Waals surface area (Å²) in [6.45, 7) is 14.0. The zero-order valence-electron chi connectivity index (χ0n) is 9.53. The molecule has 1 nitrogen and oxygen atoms in total. The Hall–Kier alpha value is -0.0400. The summed E-state index contributed by atoms with van der Waals surface area (Å²) in [5.74, 6) is 0. The highest BCUT2D eigenvalue weighted by molar-refractivity contribution is 4.70. The third-order valence-corrected chi connectivity index (χ3v) is 1.75. The van der Waals surface area contributed by atoms with E-state index in [1.807, 2.05) is 0 Å². The van der Waals surface area contributed by atoms with Gasteiger partial charge in [0.05, 0.1) is 12.2 Å². The highest BCUT2D eigenvalue weighted by Gasteiger charge is 2.20. The van der Waals surface area contributed by atoms with Crippen molar-refractivity contribution in [3.8, 4) is 0 Å². The van der Waals surface area contributed by atoms with Crippen molar-refractivity contribution in [3.63, 3.8) is 0 Å². The molecule has 0 aromatic heterocycles. The Bertz CT molecular complexity index is 119. The molecule has 0 radical (unpaired) electrons. The van der Waals surface area contributed by atoms with Gasteiger partial charge in [0.15, 0.2) is 0 Å². The molecule has 0 aliphatic carbocycles. The zero-order valence-corrected chi connectivity index (χ0v) is 9.53. The SMILES string of the molecule is CCCC(C)(C)OCC(C)(C)C. The first-order valence-electron chi connectivity index (χ1n) is 4.91. The van der Waals surface area contributed by atoms with E-state index in [2.05, 4.69) is 41.5 Å². The minimum absolute atomic E-state index is 0.0576. The maximum Gasteiger partial charge on any atom is 0.0626 e. The minimum Gasteiger partial charge on any atom is -0.375 e. The molecule has 74 valence electrons. The maximum absolute atomic E-state index is 5.83. The first-order valence-corrected chi connectivity index (χ1v) is 4.91. The molecule has 0 saturated heterocycles. The van der Waals surface area contributed by atoms with Gasteiger partial charge in [-0.15, -0.1) is 0 Å². The van der Waals surface area contributed by atoms with Crippen LogP contribution in [0.25, 0.3) is 0 Å². The molecule has 1 heteroatoms. The standard InChI is InChI=1S/C11H24O/c1-7-8-11(5,6)12-9-10(2,3)4/h7-9H2,1-6H3. The van der Waals surface area contributed by atoms with E-state index in [1.165, 1.54) is 6.42 Å². The second-order valence-corrected chi connectivity index (χ2v) is 5.36. The van der Waals surface area contributed by atoms with Gasteiger partial charge in [0.25, 0.3) is 0 Å². The fraction of sp³-hybridized carbons (Fsp3) is 1.00. The highest BCUT2D eigenvalue weighted by Crippen LogP contribution is 2.21. The molecule has 0 bridgehead atoms. The molecule has 0 saturated carbocycles. The van der Waals surface area contributed by atoms with Gasteiger partial charge >= 0.3 is 0 Å². The lowest BCUT2D eigenvalue weighted by molar-refractivity contribution is -0.0554. The molecule has 0 fully saturated rings. The lowest BCUT2D eigenvalue weighted by Gasteiger charge is -2.29. The fourth-order valence-corrected chi connectivity index (χ4v) is 1.09. The molecule has 12 heavy (non-hydrogen) atoms. The van der Waals surface area contributed by atoms with E-state index < -0.39 is 0 Å². The van der Waals surface area contributed by atoms with Crippen LogP contribution in [0.3, 0.4) is 0 Å². The second-order valence-electron chi connectivity index (χ2n) is 5.36. The Morgan fingerprint density at radius 2 is 1.50 bits per heavy atom. The first-order chi connectivity index (χ1) is 5.27. The summed E-state index contributed by atoms with van der Waals surface area (Å²) in [5, 5.41) is 0. The van der Waals surface area contributed by atoms with E-state index in [1.54, 1.807) is 0 Å². The van der Waals surface area contributed by atoms with Gasteiger partial charge in [0.1, 0.15) is 0 Å². The molecule has 0 unspecified atom stereocenters. The predicted octanol–water partition coefficient (Wildman–Crippen LogP) is 3.63. The lowest BCUT2D eigenvalue weighted by atomic mass is 9.97. The summed E-state index contributed by atoms with van der Waals surface area (Å²) >= 11 is 0. The molecular weight excluding hydrogens is 148 g/mol. The smallest absolute Gasteiger partial charge is 0.0626 e. The molecule has 0 rings (SSSR count). The van der Waals surface area contributed by atoms with Crippen molar-refractivity contribution in [1.82, 2.24) is 0 Å². The zero-order chi connectivity index (χ0) is 9.83. The lowest BCUT2D eigenvalue weighted by Crippen LogP contribution is -2.29. The number of hydrogen-bond acceptors (Lipinski definition) is 1. The molecule has 0 aliphatic rings. The predicted molar refractivity (Wildman–Crippen MR) is 54.4 cm³/mol. The molecule has 0 aliphatic heterocycles. The highest BCUT2D eigenvalue weighted by atomic mass is 16.5. The Labute approximate surface area is 77.5 Å². The van der Waals surface area contributed by atoms with Crippen LogP contribution in [0.5, 0.6) is 0 Å². The summed E-state index contributed by atoms with van der Waals surface area (Å²) in [5.41, 5.74) is 0.340. The van der Waals surface area contributed by atoms with Crippen LogP contribution >= 0.6 is 0 Å². The Kier molecular flexibility index (Phi) is 4.25. The molecule has 0 spiro atoms. The van der Waals surface area contributed by atoms with Crippen molar-refractivity contribution in [2.24, 2.45) is 5.41 Å². The Morgan fingerprint density at radius 3 is 1.83 bits per heavy atom. The number of ether oxygens (including phenoxy) is 1. The molecule has 0 aromatic carbocycles. The van der Waals surface area contributed by atoms with Crippen molar-refractivity contribution in [3.05, 3.63) is 0 Å². The topological polar surface area (TPSA) is 9.23 Å². The van der Waals surface area contributed by atoms with Crippen LogP contribution in [-0.4, -0.2) is 12.2 Å². The second kappa shape index (κ2) is 4.27. The van der Waals surface area contributed by atoms with Gasteiger partial charge in [-0.25, -0.2) is 0 Å². The summed E-state index contributed by atoms with van der Waals surface area (Å²) < 4.78 is 5.83. The van der Waals surface area contributed by atoms with Gasteiger partial charge in [-0.3, -0.25) is 0 Å². The van der Waals surface area contributed by atoms with Crippen molar-refractivity contribution in [2.45, 2.75) is 60.0 Å². The largest absolute Gasteiger partial charge is 0.375 e. The quantitative estimate of drug-likeness (QED) is 0.629. The van der Waals surface area contributed by atoms with Gasteiger partial charge in [-0.1, -0.05) is 34.1 Å². The van der Waals surface area contributed by atoms with Crippen LogP contribution in [0.4, 0.5) is 0 Å². The van der Waals surface area contributed by atoms with Crippen LogP contribution in [0, 0.1) is 5.41 Å². The van der Waals surface area contributed by atoms with E-state index >= 15 is 0 Å². The van der Waals surface area contributed by atoms with E-state index in [4.69, 9.17) is 4.74 Å². The van der Waals surface area contributed by atoms with E-state index in [0.717, 1.165) is 13.0 Å². The normalized spacial score (nSPS) is 13.5. The van der Waals surface area contributed by atoms with Crippen LogP contribution in [0.15, 0.2) is 0 Å². The molecule has 0 atom stereocenters. The molecule has 0 N–H and O–H groups in total. The average Bonchev–Trinajstić information content (AvgIpc) is 1.83. The summed E-state index contributed by atoms with van der Waals surface area (Å²) in [6, 6.07) is 0. The average molecular weight is 172 g/mol. The van der Waals surface area contributed by atoms with Crippen molar-refractivity contribution in [1.29, 1.82) is 0 Å².